The molecule has 0 aromatic carbocycles. The third kappa shape index (κ3) is 1.99. The lowest BCUT2D eigenvalue weighted by molar-refractivity contribution is 0.0683. The number of halogens is 1. The van der Waals surface area contributed by atoms with Crippen LogP contribution in [0.1, 0.15) is 41.2 Å². The highest BCUT2D eigenvalue weighted by Gasteiger charge is 2.28. The van der Waals surface area contributed by atoms with Crippen LogP contribution in [0.3, 0.4) is 0 Å². The number of carboxylic acids is 1. The first-order valence-electron chi connectivity index (χ1n) is 5.29. The van der Waals surface area contributed by atoms with Gasteiger partial charge in [-0.3, -0.25) is 0 Å². The number of carboxylic acid groups (broad SMARTS) is 1. The van der Waals surface area contributed by atoms with E-state index in [2.05, 4.69) is 10.1 Å². The fourth-order valence-corrected chi connectivity index (χ4v) is 2.05. The first-order valence-corrected chi connectivity index (χ1v) is 5.67. The standard InChI is InChI=1S/C11H12ClN3O3/c1-4-3-6(18-15-4)9-5(2)8(13)7(12)10(14-9)11(16)17/h6H,3H2,1-2H3,(H2,13,14)(H,16,17). The minimum atomic E-state index is -1.22. The number of oxime groups is 1. The number of rotatable bonds is 2. The van der Waals surface area contributed by atoms with Gasteiger partial charge in [0.05, 0.1) is 22.1 Å². The largest absolute Gasteiger partial charge is 0.476 e. The van der Waals surface area contributed by atoms with E-state index in [1.54, 1.807) is 6.92 Å². The third-order valence-electron chi connectivity index (χ3n) is 2.79. The molecule has 0 spiro atoms. The Bertz CT molecular complexity index is 557. The van der Waals surface area contributed by atoms with Gasteiger partial charge in [0.15, 0.2) is 11.8 Å². The lowest BCUT2D eigenvalue weighted by Gasteiger charge is -2.15. The molecule has 96 valence electrons. The van der Waals surface area contributed by atoms with Crippen molar-refractivity contribution in [3.8, 4) is 0 Å². The summed E-state index contributed by atoms with van der Waals surface area (Å²) < 4.78 is 0. The van der Waals surface area contributed by atoms with Crippen molar-refractivity contribution in [1.82, 2.24) is 4.98 Å². The molecule has 0 bridgehead atoms. The lowest BCUT2D eigenvalue weighted by atomic mass is 10.0. The first kappa shape index (κ1) is 12.6. The molecule has 1 aromatic rings. The number of nitrogens with two attached hydrogens (primary N) is 1. The summed E-state index contributed by atoms with van der Waals surface area (Å²) in [5.41, 5.74) is 7.67. The molecule has 0 amide bonds. The Labute approximate surface area is 108 Å². The summed E-state index contributed by atoms with van der Waals surface area (Å²) in [6.07, 6.45) is 0.163. The van der Waals surface area contributed by atoms with Gasteiger partial charge in [-0.25, -0.2) is 9.78 Å². The van der Waals surface area contributed by atoms with E-state index in [-0.39, 0.29) is 16.4 Å². The monoisotopic (exact) mass is 269 g/mol. The maximum Gasteiger partial charge on any atom is 0.356 e. The molecule has 1 unspecified atom stereocenters. The summed E-state index contributed by atoms with van der Waals surface area (Å²) in [4.78, 5) is 20.3. The maximum absolute atomic E-state index is 11.0. The topological polar surface area (TPSA) is 97.8 Å². The van der Waals surface area contributed by atoms with Gasteiger partial charge in [-0.15, -0.1) is 0 Å². The third-order valence-corrected chi connectivity index (χ3v) is 3.17. The Hall–Kier alpha value is -1.82. The lowest BCUT2D eigenvalue weighted by Crippen LogP contribution is -2.12. The number of aromatic carboxylic acids is 1. The number of carbonyl (C=O) groups is 1. The van der Waals surface area contributed by atoms with Crippen molar-refractivity contribution in [3.63, 3.8) is 0 Å². The predicted octanol–water partition coefficient (Wildman–Crippen LogP) is 2.16. The number of nitrogen functional groups attached to an aromatic ring is 1. The minimum absolute atomic E-state index is 0.0422. The number of hydrogen-bond donors (Lipinski definition) is 2. The average Bonchev–Trinajstić information content (AvgIpc) is 2.72. The molecular formula is C11H12ClN3O3. The van der Waals surface area contributed by atoms with Crippen LogP contribution in [-0.2, 0) is 4.84 Å². The van der Waals surface area contributed by atoms with Crippen LogP contribution in [0.5, 0.6) is 0 Å². The Morgan fingerprint density at radius 1 is 1.56 bits per heavy atom. The molecule has 18 heavy (non-hydrogen) atoms. The maximum atomic E-state index is 11.0. The van der Waals surface area contributed by atoms with Crippen molar-refractivity contribution in [2.24, 2.45) is 5.16 Å². The van der Waals surface area contributed by atoms with E-state index in [1.165, 1.54) is 0 Å². The van der Waals surface area contributed by atoms with Crippen molar-refractivity contribution in [2.75, 3.05) is 5.73 Å². The Balaban J connectivity index is 2.51. The van der Waals surface area contributed by atoms with E-state index >= 15 is 0 Å². The zero-order valence-corrected chi connectivity index (χ0v) is 10.7. The smallest absolute Gasteiger partial charge is 0.356 e. The van der Waals surface area contributed by atoms with Crippen LogP contribution in [0.25, 0.3) is 0 Å². The second-order valence-electron chi connectivity index (χ2n) is 4.13. The summed E-state index contributed by atoms with van der Waals surface area (Å²) in [6.45, 7) is 3.55. The summed E-state index contributed by atoms with van der Waals surface area (Å²) in [5.74, 6) is -1.22. The van der Waals surface area contributed by atoms with E-state index in [0.717, 1.165) is 5.71 Å². The van der Waals surface area contributed by atoms with Crippen molar-refractivity contribution in [3.05, 3.63) is 22.0 Å². The van der Waals surface area contributed by atoms with E-state index in [4.69, 9.17) is 27.3 Å². The zero-order valence-electron chi connectivity index (χ0n) is 9.90. The number of hydrogen-bond acceptors (Lipinski definition) is 5. The van der Waals surface area contributed by atoms with Crippen LogP contribution in [0, 0.1) is 6.92 Å². The van der Waals surface area contributed by atoms with Gasteiger partial charge in [-0.2, -0.15) is 0 Å². The SMILES string of the molecule is CC1=NOC(c2nc(C(=O)O)c(Cl)c(N)c2C)C1. The van der Waals surface area contributed by atoms with Gasteiger partial charge in [-0.05, 0) is 19.4 Å². The van der Waals surface area contributed by atoms with Crippen LogP contribution in [0.2, 0.25) is 5.02 Å². The second kappa shape index (κ2) is 4.45. The van der Waals surface area contributed by atoms with Gasteiger partial charge in [0, 0.05) is 6.42 Å². The molecule has 2 heterocycles. The summed E-state index contributed by atoms with van der Waals surface area (Å²) in [5, 5.41) is 12.8. The van der Waals surface area contributed by atoms with Gasteiger partial charge >= 0.3 is 5.97 Å². The van der Waals surface area contributed by atoms with E-state index < -0.39 is 12.1 Å². The predicted molar refractivity (Wildman–Crippen MR) is 66.9 cm³/mol. The van der Waals surface area contributed by atoms with Crippen molar-refractivity contribution in [2.45, 2.75) is 26.4 Å². The van der Waals surface area contributed by atoms with E-state index in [0.29, 0.717) is 17.7 Å². The first-order chi connectivity index (χ1) is 8.41. The van der Waals surface area contributed by atoms with Crippen molar-refractivity contribution >= 4 is 29.0 Å². The second-order valence-corrected chi connectivity index (χ2v) is 4.51. The molecule has 6 nitrogen and oxygen atoms in total. The zero-order chi connectivity index (χ0) is 13.4. The molecule has 3 N–H and O–H groups in total. The van der Waals surface area contributed by atoms with Crippen LogP contribution < -0.4 is 5.73 Å². The normalized spacial score (nSPS) is 18.4. The molecule has 1 aromatic heterocycles. The molecule has 1 aliphatic heterocycles. The van der Waals surface area contributed by atoms with Gasteiger partial charge < -0.3 is 15.7 Å². The number of pyridine rings is 1. The number of anilines is 1. The van der Waals surface area contributed by atoms with E-state index in [9.17, 15) is 4.79 Å². The fraction of sp³-hybridized carbons (Fsp3) is 0.364. The molecule has 1 atom stereocenters. The number of nitrogens with zero attached hydrogens (tertiary/aromatic N) is 2. The average molecular weight is 270 g/mol. The Kier molecular flexibility index (Phi) is 3.13. The highest BCUT2D eigenvalue weighted by molar-refractivity contribution is 6.35. The molecule has 1 aliphatic rings. The number of aromatic nitrogens is 1. The molecule has 0 aliphatic carbocycles. The molecule has 0 saturated carbocycles. The van der Waals surface area contributed by atoms with Gasteiger partial charge in [-0.1, -0.05) is 16.8 Å². The quantitative estimate of drug-likeness (QED) is 0.857. The summed E-state index contributed by atoms with van der Waals surface area (Å²) in [7, 11) is 0. The van der Waals surface area contributed by atoms with Gasteiger partial charge in [0.1, 0.15) is 0 Å². The fourth-order valence-electron chi connectivity index (χ4n) is 1.78. The van der Waals surface area contributed by atoms with E-state index in [1.807, 2.05) is 6.92 Å². The molecular weight excluding hydrogens is 258 g/mol. The van der Waals surface area contributed by atoms with Crippen LogP contribution in [0.15, 0.2) is 5.16 Å². The Morgan fingerprint density at radius 3 is 2.72 bits per heavy atom. The summed E-state index contributed by atoms with van der Waals surface area (Å²) in [6, 6.07) is 0. The van der Waals surface area contributed by atoms with Crippen molar-refractivity contribution in [1.29, 1.82) is 0 Å². The van der Waals surface area contributed by atoms with Crippen LogP contribution in [-0.4, -0.2) is 21.8 Å². The Morgan fingerprint density at radius 2 is 2.22 bits per heavy atom. The minimum Gasteiger partial charge on any atom is -0.476 e. The highest BCUT2D eigenvalue weighted by atomic mass is 35.5. The van der Waals surface area contributed by atoms with Crippen LogP contribution >= 0.6 is 11.6 Å². The van der Waals surface area contributed by atoms with Gasteiger partial charge in [0.25, 0.3) is 0 Å². The van der Waals surface area contributed by atoms with Crippen molar-refractivity contribution < 1.29 is 14.7 Å². The molecule has 0 fully saturated rings. The molecule has 0 saturated heterocycles. The molecule has 0 radical (unpaired) electrons. The van der Waals surface area contributed by atoms with Gasteiger partial charge in [0.2, 0.25) is 0 Å². The summed E-state index contributed by atoms with van der Waals surface area (Å²) >= 11 is 5.86. The van der Waals surface area contributed by atoms with Crippen LogP contribution in [0.4, 0.5) is 5.69 Å². The molecule has 7 heteroatoms. The molecule has 2 rings (SSSR count). The highest BCUT2D eigenvalue weighted by Crippen LogP contribution is 2.34.